The number of carboxylic acid groups (broad SMARTS) is 1. The van der Waals surface area contributed by atoms with Crippen LogP contribution in [0.5, 0.6) is 0 Å². The molecule has 0 spiro atoms. The summed E-state index contributed by atoms with van der Waals surface area (Å²) in [6.07, 6.45) is 2.00. The molecule has 7 heteroatoms. The number of rotatable bonds is 8. The van der Waals surface area contributed by atoms with E-state index < -0.39 is 23.0 Å². The van der Waals surface area contributed by atoms with E-state index in [0.717, 1.165) is 22.3 Å². The zero-order valence-corrected chi connectivity index (χ0v) is 20.2. The highest BCUT2D eigenvalue weighted by atomic mass is 16.5. The van der Waals surface area contributed by atoms with Crippen molar-refractivity contribution in [3.8, 4) is 11.1 Å². The lowest BCUT2D eigenvalue weighted by Crippen LogP contribution is -2.59. The smallest absolute Gasteiger partial charge is 0.408 e. The lowest BCUT2D eigenvalue weighted by atomic mass is 9.91. The monoisotopic (exact) mass is 476 g/mol. The highest BCUT2D eigenvalue weighted by molar-refractivity contribution is 5.90. The fourth-order valence-corrected chi connectivity index (χ4v) is 6.22. The Labute approximate surface area is 205 Å². The van der Waals surface area contributed by atoms with Crippen LogP contribution in [0.4, 0.5) is 4.79 Å². The first-order valence-corrected chi connectivity index (χ1v) is 12.5. The van der Waals surface area contributed by atoms with Crippen LogP contribution in [0.3, 0.4) is 0 Å². The second-order valence-corrected chi connectivity index (χ2v) is 10.2. The number of amides is 2. The Morgan fingerprint density at radius 3 is 2.14 bits per heavy atom. The van der Waals surface area contributed by atoms with Crippen molar-refractivity contribution in [1.82, 2.24) is 10.6 Å². The van der Waals surface area contributed by atoms with E-state index in [-0.39, 0.29) is 30.4 Å². The summed E-state index contributed by atoms with van der Waals surface area (Å²) < 4.78 is 5.68. The van der Waals surface area contributed by atoms with Gasteiger partial charge in [0.2, 0.25) is 5.91 Å². The molecule has 0 saturated heterocycles. The standard InChI is InChI=1S/C28H32N2O5/c1-3-28(4-2,24(31)29-18-13-17-14-27(17,15-18)25(32)33)30-26(34)35-16-23-21-11-7-5-9-19(21)20-10-6-8-12-22(20)23/h5-12,17-18,23H,3-4,13-16H2,1-2H3,(H,29,31)(H,30,34)(H,32,33)/t17-,18+,27+/m0/s1. The van der Waals surface area contributed by atoms with Gasteiger partial charge in [0.25, 0.3) is 0 Å². The predicted octanol–water partition coefficient (Wildman–Crippen LogP) is 4.45. The molecule has 2 fully saturated rings. The van der Waals surface area contributed by atoms with Gasteiger partial charge in [0.1, 0.15) is 12.1 Å². The third-order valence-electron chi connectivity index (χ3n) is 8.50. The van der Waals surface area contributed by atoms with Gasteiger partial charge in [-0.15, -0.1) is 0 Å². The summed E-state index contributed by atoms with van der Waals surface area (Å²) >= 11 is 0. The number of carbonyl (C=O) groups is 3. The van der Waals surface area contributed by atoms with E-state index in [4.69, 9.17) is 4.74 Å². The highest BCUT2D eigenvalue weighted by Crippen LogP contribution is 2.63. The molecule has 2 aromatic carbocycles. The first-order chi connectivity index (χ1) is 16.8. The molecule has 2 aromatic rings. The second-order valence-electron chi connectivity index (χ2n) is 10.2. The second kappa shape index (κ2) is 8.70. The molecule has 0 heterocycles. The van der Waals surface area contributed by atoms with Gasteiger partial charge in [-0.3, -0.25) is 9.59 Å². The maximum atomic E-state index is 13.3. The molecule has 0 unspecified atom stereocenters. The molecule has 7 nitrogen and oxygen atoms in total. The zero-order chi connectivity index (χ0) is 24.8. The highest BCUT2D eigenvalue weighted by Gasteiger charge is 2.65. The van der Waals surface area contributed by atoms with Crippen molar-refractivity contribution in [3.63, 3.8) is 0 Å². The van der Waals surface area contributed by atoms with E-state index >= 15 is 0 Å². The Hall–Kier alpha value is -3.35. The van der Waals surface area contributed by atoms with Crippen molar-refractivity contribution in [2.24, 2.45) is 11.3 Å². The molecule has 35 heavy (non-hydrogen) atoms. The predicted molar refractivity (Wildman–Crippen MR) is 131 cm³/mol. The van der Waals surface area contributed by atoms with Gasteiger partial charge in [-0.05, 0) is 60.3 Å². The van der Waals surface area contributed by atoms with Gasteiger partial charge in [-0.1, -0.05) is 62.4 Å². The van der Waals surface area contributed by atoms with Gasteiger partial charge >= 0.3 is 12.1 Å². The molecule has 3 aliphatic rings. The van der Waals surface area contributed by atoms with Crippen LogP contribution in [0.1, 0.15) is 63.0 Å². The largest absolute Gasteiger partial charge is 0.481 e. The average Bonchev–Trinajstić information content (AvgIpc) is 3.29. The number of aliphatic carboxylic acids is 1. The van der Waals surface area contributed by atoms with E-state index in [1.165, 1.54) is 0 Å². The fourth-order valence-electron chi connectivity index (χ4n) is 6.22. The molecule has 2 saturated carbocycles. The minimum absolute atomic E-state index is 0.0583. The molecule has 3 aliphatic carbocycles. The molecule has 0 aromatic heterocycles. The van der Waals surface area contributed by atoms with Crippen LogP contribution in [0.2, 0.25) is 0 Å². The van der Waals surface area contributed by atoms with Gasteiger partial charge in [0.05, 0.1) is 5.41 Å². The fraction of sp³-hybridized carbons (Fsp3) is 0.464. The molecule has 3 N–H and O–H groups in total. The Balaban J connectivity index is 1.23. The molecule has 0 aliphatic heterocycles. The number of ether oxygens (including phenoxy) is 1. The molecule has 5 rings (SSSR count). The Bertz CT molecular complexity index is 1130. The van der Waals surface area contributed by atoms with Crippen molar-refractivity contribution in [3.05, 3.63) is 59.7 Å². The third kappa shape index (κ3) is 3.87. The Kier molecular flexibility index (Phi) is 5.82. The summed E-state index contributed by atoms with van der Waals surface area (Å²) in [5, 5.41) is 15.4. The van der Waals surface area contributed by atoms with Crippen LogP contribution in [-0.4, -0.2) is 41.3 Å². The molecule has 2 amide bonds. The quantitative estimate of drug-likeness (QED) is 0.522. The zero-order valence-electron chi connectivity index (χ0n) is 20.2. The molecule has 0 bridgehead atoms. The number of hydrogen-bond acceptors (Lipinski definition) is 4. The molecular weight excluding hydrogens is 444 g/mol. The van der Waals surface area contributed by atoms with Crippen LogP contribution in [0.15, 0.2) is 48.5 Å². The summed E-state index contributed by atoms with van der Waals surface area (Å²) in [4.78, 5) is 37.8. The topological polar surface area (TPSA) is 105 Å². The van der Waals surface area contributed by atoms with Crippen LogP contribution < -0.4 is 10.6 Å². The number of alkyl carbamates (subject to hydrolysis) is 1. The summed E-state index contributed by atoms with van der Waals surface area (Å²) in [5.41, 5.74) is 2.79. The van der Waals surface area contributed by atoms with Gasteiger partial charge in [-0.25, -0.2) is 4.79 Å². The lowest BCUT2D eigenvalue weighted by molar-refractivity contribution is -0.144. The van der Waals surface area contributed by atoms with Crippen LogP contribution in [-0.2, 0) is 14.3 Å². The van der Waals surface area contributed by atoms with E-state index in [0.29, 0.717) is 32.1 Å². The summed E-state index contributed by atoms with van der Waals surface area (Å²) in [6.45, 7) is 3.89. The first kappa shape index (κ1) is 23.4. The molecule has 3 atom stereocenters. The normalized spacial score (nSPS) is 24.2. The lowest BCUT2D eigenvalue weighted by Gasteiger charge is -2.32. The third-order valence-corrected chi connectivity index (χ3v) is 8.50. The van der Waals surface area contributed by atoms with Crippen molar-refractivity contribution in [2.75, 3.05) is 6.61 Å². The number of fused-ring (bicyclic) bond motifs is 4. The number of benzene rings is 2. The maximum absolute atomic E-state index is 13.3. The van der Waals surface area contributed by atoms with E-state index in [1.807, 2.05) is 38.1 Å². The van der Waals surface area contributed by atoms with Crippen molar-refractivity contribution >= 4 is 18.0 Å². The Morgan fingerprint density at radius 2 is 1.60 bits per heavy atom. The number of carbonyl (C=O) groups excluding carboxylic acids is 2. The van der Waals surface area contributed by atoms with E-state index in [2.05, 4.69) is 34.9 Å². The summed E-state index contributed by atoms with van der Waals surface area (Å²) in [6, 6.07) is 16.1. The van der Waals surface area contributed by atoms with Crippen molar-refractivity contribution in [1.29, 1.82) is 0 Å². The molecular formula is C28H32N2O5. The van der Waals surface area contributed by atoms with Crippen LogP contribution in [0.25, 0.3) is 11.1 Å². The Morgan fingerprint density at radius 1 is 1.00 bits per heavy atom. The summed E-state index contributed by atoms with van der Waals surface area (Å²) in [5.74, 6) is -0.966. The average molecular weight is 477 g/mol. The van der Waals surface area contributed by atoms with E-state index in [9.17, 15) is 19.5 Å². The minimum atomic E-state index is -1.11. The number of hydrogen-bond donors (Lipinski definition) is 3. The van der Waals surface area contributed by atoms with Gasteiger partial charge in [-0.2, -0.15) is 0 Å². The van der Waals surface area contributed by atoms with Crippen molar-refractivity contribution < 1.29 is 24.2 Å². The number of nitrogens with one attached hydrogen (secondary N) is 2. The van der Waals surface area contributed by atoms with Crippen LogP contribution in [0, 0.1) is 11.3 Å². The van der Waals surface area contributed by atoms with Crippen molar-refractivity contribution in [2.45, 2.75) is 63.5 Å². The van der Waals surface area contributed by atoms with Crippen LogP contribution >= 0.6 is 0 Å². The first-order valence-electron chi connectivity index (χ1n) is 12.5. The van der Waals surface area contributed by atoms with Gasteiger partial charge in [0.15, 0.2) is 0 Å². The van der Waals surface area contributed by atoms with Gasteiger partial charge < -0.3 is 20.5 Å². The molecule has 0 radical (unpaired) electrons. The summed E-state index contributed by atoms with van der Waals surface area (Å²) in [7, 11) is 0. The molecule has 184 valence electrons. The number of carboxylic acids is 1. The minimum Gasteiger partial charge on any atom is -0.481 e. The van der Waals surface area contributed by atoms with Gasteiger partial charge in [0, 0.05) is 12.0 Å². The van der Waals surface area contributed by atoms with E-state index in [1.54, 1.807) is 0 Å². The maximum Gasteiger partial charge on any atom is 0.408 e. The SMILES string of the molecule is CCC(CC)(NC(=O)OCC1c2ccccc2-c2ccccc21)C(=O)N[C@@H]1C[C@H]2C[C@@]2(C(=O)O)C1.